The third-order valence-corrected chi connectivity index (χ3v) is 2.27. The molecule has 0 spiro atoms. The van der Waals surface area contributed by atoms with Gasteiger partial charge in [0.1, 0.15) is 0 Å². The molecule has 5 heteroatoms. The van der Waals surface area contributed by atoms with Crippen LogP contribution in [0.2, 0.25) is 0 Å². The molecule has 2 amide bonds. The first-order chi connectivity index (χ1) is 3.98. The van der Waals surface area contributed by atoms with Crippen molar-refractivity contribution in [1.82, 2.24) is 5.32 Å². The average molecular weight is 260 g/mol. The third-order valence-electron chi connectivity index (χ3n) is 0.750. The van der Waals surface area contributed by atoms with E-state index >= 15 is 0 Å². The van der Waals surface area contributed by atoms with Crippen LogP contribution in [0.1, 0.15) is 13.3 Å². The number of nitrogens with two attached hydrogens (primary N) is 1. The van der Waals surface area contributed by atoms with Gasteiger partial charge in [-0.15, -0.1) is 0 Å². The molecule has 0 rings (SSSR count). The molecule has 9 heavy (non-hydrogen) atoms. The number of nitrogens with one attached hydrogen (secondary N) is 1. The van der Waals surface area contributed by atoms with Crippen LogP contribution >= 0.6 is 31.9 Å². The predicted octanol–water partition coefficient (Wildman–Crippen LogP) is 1.51. The van der Waals surface area contributed by atoms with Crippen LogP contribution in [0.4, 0.5) is 4.79 Å². The van der Waals surface area contributed by atoms with E-state index < -0.39 is 9.39 Å². The van der Waals surface area contributed by atoms with Gasteiger partial charge in [0.2, 0.25) is 0 Å². The lowest BCUT2D eigenvalue weighted by atomic mass is 10.5. The number of hydrogen-bond donors (Lipinski definition) is 2. The summed E-state index contributed by atoms with van der Waals surface area (Å²) in [7, 11) is 0. The van der Waals surface area contributed by atoms with E-state index in [1.165, 1.54) is 0 Å². The molecule has 0 saturated carbocycles. The molecule has 3 N–H and O–H groups in total. The molecule has 0 fully saturated rings. The minimum atomic E-state index is -0.550. The maximum atomic E-state index is 10.2. The Kier molecular flexibility index (Phi) is 3.50. The van der Waals surface area contributed by atoms with Gasteiger partial charge in [-0.2, -0.15) is 0 Å². The molecular weight excluding hydrogens is 252 g/mol. The minimum Gasteiger partial charge on any atom is -0.352 e. The zero-order valence-electron chi connectivity index (χ0n) is 4.95. The van der Waals surface area contributed by atoms with Crippen molar-refractivity contribution in [1.29, 1.82) is 0 Å². The van der Waals surface area contributed by atoms with E-state index in [9.17, 15) is 4.79 Å². The molecular formula is C4H8Br2N2O. The van der Waals surface area contributed by atoms with Crippen LogP contribution in [0.5, 0.6) is 0 Å². The number of rotatable bonds is 2. The number of carbonyl (C=O) groups is 1. The molecule has 0 atom stereocenters. The summed E-state index contributed by atoms with van der Waals surface area (Å²) in [5.74, 6) is 0. The lowest BCUT2D eigenvalue weighted by Crippen LogP contribution is -2.41. The molecule has 54 valence electrons. The highest BCUT2D eigenvalue weighted by Crippen LogP contribution is 2.25. The molecule has 0 aromatic heterocycles. The Hall–Kier alpha value is 0.230. The van der Waals surface area contributed by atoms with Crippen LogP contribution in [-0.2, 0) is 0 Å². The summed E-state index contributed by atoms with van der Waals surface area (Å²) in [6.45, 7) is 1.90. The van der Waals surface area contributed by atoms with Crippen LogP contribution in [0, 0.1) is 0 Å². The van der Waals surface area contributed by atoms with Crippen molar-refractivity contribution in [3.63, 3.8) is 0 Å². The maximum absolute atomic E-state index is 10.2. The van der Waals surface area contributed by atoms with E-state index in [1.807, 2.05) is 6.92 Å². The fourth-order valence-electron chi connectivity index (χ4n) is 0.269. The average Bonchev–Trinajstić information content (AvgIpc) is 1.63. The minimum absolute atomic E-state index is 0.536. The standard InChI is InChI=1S/C4H8Br2N2O/c1-2-4(5,6)8-3(7)9/h2H2,1H3,(H3,7,8,9). The Morgan fingerprint density at radius 2 is 2.22 bits per heavy atom. The van der Waals surface area contributed by atoms with E-state index in [0.29, 0.717) is 0 Å². The van der Waals surface area contributed by atoms with Gasteiger partial charge >= 0.3 is 6.03 Å². The lowest BCUT2D eigenvalue weighted by molar-refractivity contribution is 0.247. The zero-order chi connectivity index (χ0) is 7.49. The van der Waals surface area contributed by atoms with Crippen LogP contribution < -0.4 is 11.1 Å². The first-order valence-corrected chi connectivity index (χ1v) is 4.02. The quantitative estimate of drug-likeness (QED) is 0.573. The molecule has 0 aliphatic carbocycles. The van der Waals surface area contributed by atoms with Crippen LogP contribution in [0.25, 0.3) is 0 Å². The van der Waals surface area contributed by atoms with Gasteiger partial charge in [0.15, 0.2) is 3.36 Å². The largest absolute Gasteiger partial charge is 0.352 e. The summed E-state index contributed by atoms with van der Waals surface area (Å²) in [6, 6.07) is -0.550. The highest BCUT2D eigenvalue weighted by Gasteiger charge is 2.20. The van der Waals surface area contributed by atoms with E-state index in [2.05, 4.69) is 37.2 Å². The van der Waals surface area contributed by atoms with Crippen LogP contribution in [-0.4, -0.2) is 9.39 Å². The first-order valence-electron chi connectivity index (χ1n) is 2.43. The van der Waals surface area contributed by atoms with Gasteiger partial charge in [0, 0.05) is 0 Å². The topological polar surface area (TPSA) is 55.1 Å². The molecule has 0 aliphatic rings. The third kappa shape index (κ3) is 4.72. The second-order valence-corrected chi connectivity index (χ2v) is 5.32. The summed E-state index contributed by atoms with van der Waals surface area (Å²) >= 11 is 6.37. The number of urea groups is 1. The fourth-order valence-corrected chi connectivity index (χ4v) is 0.659. The summed E-state index contributed by atoms with van der Waals surface area (Å²) in [5, 5.41) is 2.44. The summed E-state index contributed by atoms with van der Waals surface area (Å²) < 4.78 is -0.536. The molecule has 0 aromatic rings. The van der Waals surface area contributed by atoms with E-state index in [0.717, 1.165) is 6.42 Å². The first kappa shape index (κ1) is 9.23. The van der Waals surface area contributed by atoms with Gasteiger partial charge in [0.25, 0.3) is 0 Å². The Morgan fingerprint density at radius 1 is 1.78 bits per heavy atom. The molecule has 0 heterocycles. The number of alkyl halides is 2. The number of halogens is 2. The van der Waals surface area contributed by atoms with E-state index in [-0.39, 0.29) is 0 Å². The predicted molar refractivity (Wildman–Crippen MR) is 43.6 cm³/mol. The summed E-state index contributed by atoms with van der Waals surface area (Å²) in [4.78, 5) is 10.2. The maximum Gasteiger partial charge on any atom is 0.313 e. The normalized spacial score (nSPS) is 11.0. The van der Waals surface area contributed by atoms with Crippen molar-refractivity contribution in [3.05, 3.63) is 0 Å². The van der Waals surface area contributed by atoms with Crippen LogP contribution in [0.3, 0.4) is 0 Å². The van der Waals surface area contributed by atoms with Gasteiger partial charge in [-0.05, 0) is 38.3 Å². The number of primary amides is 1. The van der Waals surface area contributed by atoms with Gasteiger partial charge in [-0.25, -0.2) is 4.79 Å². The van der Waals surface area contributed by atoms with Crippen molar-refractivity contribution < 1.29 is 4.79 Å². The molecule has 0 unspecified atom stereocenters. The summed E-state index contributed by atoms with van der Waals surface area (Å²) in [5.41, 5.74) is 4.84. The van der Waals surface area contributed by atoms with Gasteiger partial charge in [0.05, 0.1) is 0 Å². The molecule has 0 aromatic carbocycles. The number of carbonyl (C=O) groups excluding carboxylic acids is 1. The zero-order valence-corrected chi connectivity index (χ0v) is 8.12. The van der Waals surface area contributed by atoms with E-state index in [4.69, 9.17) is 5.73 Å². The lowest BCUT2D eigenvalue weighted by Gasteiger charge is -2.17. The van der Waals surface area contributed by atoms with Crippen molar-refractivity contribution in [3.8, 4) is 0 Å². The molecule has 0 aliphatic heterocycles. The Balaban J connectivity index is 3.71. The summed E-state index contributed by atoms with van der Waals surface area (Å²) in [6.07, 6.45) is 0.718. The molecule has 3 nitrogen and oxygen atoms in total. The second kappa shape index (κ2) is 3.41. The van der Waals surface area contributed by atoms with Crippen molar-refractivity contribution in [2.45, 2.75) is 16.7 Å². The SMILES string of the molecule is CCC(Br)(Br)NC(N)=O. The monoisotopic (exact) mass is 258 g/mol. The van der Waals surface area contributed by atoms with Crippen molar-refractivity contribution in [2.24, 2.45) is 5.73 Å². The number of hydrogen-bond acceptors (Lipinski definition) is 1. The second-order valence-electron chi connectivity index (χ2n) is 1.55. The molecule has 0 radical (unpaired) electrons. The highest BCUT2D eigenvalue weighted by atomic mass is 79.9. The van der Waals surface area contributed by atoms with Gasteiger partial charge in [-0.3, -0.25) is 0 Å². The van der Waals surface area contributed by atoms with Crippen molar-refractivity contribution >= 4 is 37.9 Å². The number of amides is 2. The molecule has 0 bridgehead atoms. The Morgan fingerprint density at radius 3 is 2.33 bits per heavy atom. The molecule has 0 saturated heterocycles. The fraction of sp³-hybridized carbons (Fsp3) is 0.750. The smallest absolute Gasteiger partial charge is 0.313 e. The Bertz CT molecular complexity index is 115. The Labute approximate surface area is 70.6 Å². The van der Waals surface area contributed by atoms with Crippen molar-refractivity contribution in [2.75, 3.05) is 0 Å². The highest BCUT2D eigenvalue weighted by molar-refractivity contribution is 9.25. The van der Waals surface area contributed by atoms with Gasteiger partial charge < -0.3 is 11.1 Å². The van der Waals surface area contributed by atoms with Gasteiger partial charge in [-0.1, -0.05) is 6.92 Å². The van der Waals surface area contributed by atoms with Crippen LogP contribution in [0.15, 0.2) is 0 Å². The van der Waals surface area contributed by atoms with E-state index in [1.54, 1.807) is 0 Å².